The summed E-state index contributed by atoms with van der Waals surface area (Å²) in [6.45, 7) is 7.85. The summed E-state index contributed by atoms with van der Waals surface area (Å²) in [5, 5.41) is 2.75. The number of nitrogens with one attached hydrogen (secondary N) is 1. The number of benzene rings is 2. The molecule has 0 unspecified atom stereocenters. The van der Waals surface area contributed by atoms with Gasteiger partial charge < -0.3 is 9.30 Å². The number of hydrogen-bond donors (Lipinski definition) is 1. The molecule has 0 radical (unpaired) electrons. The van der Waals surface area contributed by atoms with Gasteiger partial charge in [0.25, 0.3) is 11.8 Å². The Kier molecular flexibility index (Phi) is 5.91. The Balaban J connectivity index is 1.75. The number of carbonyl (C=O) groups is 2. The molecule has 0 saturated carbocycles. The molecule has 1 aliphatic heterocycles. The number of rotatable bonds is 4. The molecule has 2 amide bonds. The molecule has 168 valence electrons. The third-order valence-corrected chi connectivity index (χ3v) is 6.08. The molecule has 6 nitrogen and oxygen atoms in total. The zero-order chi connectivity index (χ0) is 23.9. The van der Waals surface area contributed by atoms with Crippen molar-refractivity contribution in [3.05, 3.63) is 82.2 Å². The van der Waals surface area contributed by atoms with E-state index in [4.69, 9.17) is 17.0 Å². The number of thiocarbonyl (C=S) groups is 1. The lowest BCUT2D eigenvalue weighted by molar-refractivity contribution is -0.122. The van der Waals surface area contributed by atoms with Crippen LogP contribution in [0.2, 0.25) is 0 Å². The van der Waals surface area contributed by atoms with Crippen LogP contribution in [0, 0.1) is 27.7 Å². The average molecular weight is 460 g/mol. The highest BCUT2D eigenvalue weighted by molar-refractivity contribution is 7.80. The fourth-order valence-corrected chi connectivity index (χ4v) is 4.42. The Bertz CT molecular complexity index is 1320. The molecule has 3 aromatic rings. The normalized spacial score (nSPS) is 15.2. The molecule has 4 rings (SSSR count). The van der Waals surface area contributed by atoms with Gasteiger partial charge >= 0.3 is 0 Å². The second-order valence-electron chi connectivity index (χ2n) is 8.11. The van der Waals surface area contributed by atoms with Crippen LogP contribution in [0.3, 0.4) is 0 Å². The largest absolute Gasteiger partial charge is 0.497 e. The van der Waals surface area contributed by atoms with Crippen LogP contribution < -0.4 is 15.0 Å². The number of anilines is 1. The van der Waals surface area contributed by atoms with Crippen LogP contribution in [-0.4, -0.2) is 28.6 Å². The van der Waals surface area contributed by atoms with Gasteiger partial charge in [0, 0.05) is 17.1 Å². The van der Waals surface area contributed by atoms with Crippen LogP contribution in [0.15, 0.2) is 54.1 Å². The number of nitrogens with zero attached hydrogens (tertiary/aromatic N) is 2. The van der Waals surface area contributed by atoms with Gasteiger partial charge in [0.2, 0.25) is 0 Å². The molecule has 0 atom stereocenters. The molecule has 0 bridgehead atoms. The SMILES string of the molecule is COc1ccc(-n2c(C)cc(/C=C3\C(=O)NC(=S)N(c4ccc(C)cc4C)C3=O)c2C)cc1. The summed E-state index contributed by atoms with van der Waals surface area (Å²) < 4.78 is 7.32. The fourth-order valence-electron chi connectivity index (χ4n) is 4.15. The molecule has 1 aromatic heterocycles. The second-order valence-corrected chi connectivity index (χ2v) is 8.49. The van der Waals surface area contributed by atoms with E-state index in [0.29, 0.717) is 5.69 Å². The number of hydrogen-bond acceptors (Lipinski definition) is 4. The maximum absolute atomic E-state index is 13.4. The fraction of sp³-hybridized carbons (Fsp3) is 0.192. The first kappa shape index (κ1) is 22.5. The Morgan fingerprint density at radius 2 is 1.67 bits per heavy atom. The van der Waals surface area contributed by atoms with Gasteiger partial charge in [-0.3, -0.25) is 19.8 Å². The molecule has 1 aliphatic rings. The molecule has 0 spiro atoms. The third-order valence-electron chi connectivity index (χ3n) is 5.80. The van der Waals surface area contributed by atoms with Gasteiger partial charge in [-0.25, -0.2) is 0 Å². The average Bonchev–Trinajstić information content (AvgIpc) is 3.05. The van der Waals surface area contributed by atoms with E-state index in [9.17, 15) is 9.59 Å². The van der Waals surface area contributed by atoms with Crippen molar-refractivity contribution >= 4 is 40.9 Å². The van der Waals surface area contributed by atoms with E-state index in [1.165, 1.54) is 4.90 Å². The lowest BCUT2D eigenvalue weighted by atomic mass is 10.0. The Labute approximate surface area is 198 Å². The monoisotopic (exact) mass is 459 g/mol. The highest BCUT2D eigenvalue weighted by atomic mass is 32.1. The highest BCUT2D eigenvalue weighted by Crippen LogP contribution is 2.28. The molecular weight excluding hydrogens is 434 g/mol. The first-order valence-corrected chi connectivity index (χ1v) is 10.9. The van der Waals surface area contributed by atoms with Crippen molar-refractivity contribution in [1.82, 2.24) is 9.88 Å². The second kappa shape index (κ2) is 8.67. The highest BCUT2D eigenvalue weighted by Gasteiger charge is 2.35. The number of aromatic nitrogens is 1. The first-order chi connectivity index (χ1) is 15.7. The van der Waals surface area contributed by atoms with E-state index in [0.717, 1.165) is 39.5 Å². The Hall–Kier alpha value is -3.71. The molecule has 7 heteroatoms. The number of aryl methyl sites for hydroxylation is 3. The number of carbonyl (C=O) groups excluding carboxylic acids is 2. The van der Waals surface area contributed by atoms with Crippen molar-refractivity contribution in [2.45, 2.75) is 27.7 Å². The van der Waals surface area contributed by atoms with Crippen molar-refractivity contribution in [2.75, 3.05) is 12.0 Å². The topological polar surface area (TPSA) is 63.6 Å². The molecule has 1 fully saturated rings. The predicted octanol–water partition coefficient (Wildman–Crippen LogP) is 4.55. The van der Waals surface area contributed by atoms with E-state index in [2.05, 4.69) is 9.88 Å². The summed E-state index contributed by atoms with van der Waals surface area (Å²) in [6, 6.07) is 15.4. The maximum atomic E-state index is 13.4. The summed E-state index contributed by atoms with van der Waals surface area (Å²) in [4.78, 5) is 27.6. The molecule has 33 heavy (non-hydrogen) atoms. The molecule has 0 aliphatic carbocycles. The predicted molar refractivity (Wildman–Crippen MR) is 134 cm³/mol. The van der Waals surface area contributed by atoms with Gasteiger partial charge in [-0.05, 0) is 93.5 Å². The van der Waals surface area contributed by atoms with Crippen molar-refractivity contribution in [3.8, 4) is 11.4 Å². The van der Waals surface area contributed by atoms with E-state index in [1.807, 2.05) is 76.2 Å². The van der Waals surface area contributed by atoms with Gasteiger partial charge in [-0.1, -0.05) is 17.7 Å². The first-order valence-electron chi connectivity index (χ1n) is 10.5. The van der Waals surface area contributed by atoms with E-state index < -0.39 is 11.8 Å². The summed E-state index contributed by atoms with van der Waals surface area (Å²) in [5.74, 6) is -0.166. The summed E-state index contributed by atoms with van der Waals surface area (Å²) in [5.41, 5.74) is 6.33. The lowest BCUT2D eigenvalue weighted by Gasteiger charge is -2.30. The van der Waals surface area contributed by atoms with Gasteiger partial charge in [-0.15, -0.1) is 0 Å². The molecule has 1 N–H and O–H groups in total. The smallest absolute Gasteiger partial charge is 0.270 e. The summed E-state index contributed by atoms with van der Waals surface area (Å²) in [7, 11) is 1.63. The van der Waals surface area contributed by atoms with Crippen molar-refractivity contribution in [1.29, 1.82) is 0 Å². The minimum atomic E-state index is -0.500. The van der Waals surface area contributed by atoms with Crippen LogP contribution in [0.25, 0.3) is 11.8 Å². The minimum absolute atomic E-state index is 0.0403. The van der Waals surface area contributed by atoms with Crippen molar-refractivity contribution in [2.24, 2.45) is 0 Å². The van der Waals surface area contributed by atoms with Crippen LogP contribution in [0.5, 0.6) is 5.75 Å². The number of amides is 2. The zero-order valence-corrected chi connectivity index (χ0v) is 20.0. The van der Waals surface area contributed by atoms with Gasteiger partial charge in [0.15, 0.2) is 5.11 Å². The van der Waals surface area contributed by atoms with Gasteiger partial charge in [0.1, 0.15) is 11.3 Å². The Morgan fingerprint density at radius 1 is 0.970 bits per heavy atom. The zero-order valence-electron chi connectivity index (χ0n) is 19.2. The summed E-state index contributed by atoms with van der Waals surface area (Å²) in [6.07, 6.45) is 1.64. The van der Waals surface area contributed by atoms with Gasteiger partial charge in [0.05, 0.1) is 12.8 Å². The van der Waals surface area contributed by atoms with Crippen molar-refractivity contribution < 1.29 is 14.3 Å². The molecule has 2 aromatic carbocycles. The third kappa shape index (κ3) is 4.07. The van der Waals surface area contributed by atoms with E-state index in [1.54, 1.807) is 13.2 Å². The summed E-state index contributed by atoms with van der Waals surface area (Å²) >= 11 is 5.34. The quantitative estimate of drug-likeness (QED) is 0.353. The van der Waals surface area contributed by atoms with Crippen LogP contribution in [0.4, 0.5) is 5.69 Å². The van der Waals surface area contributed by atoms with Gasteiger partial charge in [-0.2, -0.15) is 0 Å². The lowest BCUT2D eigenvalue weighted by Crippen LogP contribution is -2.54. The van der Waals surface area contributed by atoms with Crippen LogP contribution in [0.1, 0.15) is 28.1 Å². The van der Waals surface area contributed by atoms with E-state index in [-0.39, 0.29) is 10.7 Å². The van der Waals surface area contributed by atoms with Crippen LogP contribution >= 0.6 is 12.2 Å². The molecule has 2 heterocycles. The molecule has 1 saturated heterocycles. The van der Waals surface area contributed by atoms with Crippen molar-refractivity contribution in [3.63, 3.8) is 0 Å². The van der Waals surface area contributed by atoms with Crippen LogP contribution in [-0.2, 0) is 9.59 Å². The number of ether oxygens (including phenoxy) is 1. The Morgan fingerprint density at radius 3 is 2.30 bits per heavy atom. The molecular formula is C26H25N3O3S. The standard InChI is InChI=1S/C26H25N3O3S/c1-15-6-11-23(16(2)12-15)29-25(31)22(24(30)27-26(29)33)14-19-13-17(3)28(18(19)4)20-7-9-21(32-5)10-8-20/h6-14H,1-5H3,(H,27,30,33)/b22-14+. The maximum Gasteiger partial charge on any atom is 0.270 e. The van der Waals surface area contributed by atoms with E-state index >= 15 is 0 Å². The number of methoxy groups -OCH3 is 1. The minimum Gasteiger partial charge on any atom is -0.497 e.